The van der Waals surface area contributed by atoms with Crippen LogP contribution in [0.3, 0.4) is 0 Å². The number of benzene rings is 1. The van der Waals surface area contributed by atoms with Crippen molar-refractivity contribution in [3.63, 3.8) is 0 Å². The molecule has 1 aromatic carbocycles. The number of aromatic nitrogens is 5. The number of fused-ring (bicyclic) bond motifs is 1. The molecule has 0 bridgehead atoms. The van der Waals surface area contributed by atoms with E-state index >= 15 is 0 Å². The van der Waals surface area contributed by atoms with Crippen LogP contribution in [-0.2, 0) is 4.79 Å². The molecule has 12 nitrogen and oxygen atoms in total. The monoisotopic (exact) mass is 472 g/mol. The van der Waals surface area contributed by atoms with Crippen molar-refractivity contribution in [2.45, 2.75) is 38.9 Å². The molecular formula is C20H28N10O2S. The smallest absolute Gasteiger partial charge is 0.319 e. The molecule has 0 spiro atoms. The zero-order chi connectivity index (χ0) is 23.8. The van der Waals surface area contributed by atoms with E-state index in [4.69, 9.17) is 0 Å². The van der Waals surface area contributed by atoms with E-state index in [9.17, 15) is 9.59 Å². The lowest BCUT2D eigenvalue weighted by atomic mass is 10.2. The number of nitrogens with zero attached hydrogens (tertiary/aromatic N) is 5. The molecule has 3 rings (SSSR count). The molecule has 0 aliphatic heterocycles. The Hall–Kier alpha value is -3.61. The van der Waals surface area contributed by atoms with E-state index in [0.717, 1.165) is 0 Å². The Morgan fingerprint density at radius 2 is 1.70 bits per heavy atom. The van der Waals surface area contributed by atoms with Crippen LogP contribution in [0.25, 0.3) is 5.78 Å². The molecular weight excluding hydrogens is 444 g/mol. The zero-order valence-corrected chi connectivity index (χ0v) is 19.8. The van der Waals surface area contributed by atoms with Crippen molar-refractivity contribution in [1.82, 2.24) is 29.9 Å². The molecule has 0 saturated carbocycles. The molecule has 0 atom stereocenters. The molecule has 0 saturated heterocycles. The summed E-state index contributed by atoms with van der Waals surface area (Å²) >= 11 is 1.21. The summed E-state index contributed by atoms with van der Waals surface area (Å²) in [5.74, 6) is 1.19. The Morgan fingerprint density at radius 1 is 1.00 bits per heavy atom. The lowest BCUT2D eigenvalue weighted by Gasteiger charge is -2.14. The minimum absolute atomic E-state index is 0.00830. The number of nitrogens with one attached hydrogen (secondary N) is 5. The number of amides is 3. The fourth-order valence-corrected chi connectivity index (χ4v) is 3.56. The number of hydrogen-bond acceptors (Lipinski definition) is 9. The van der Waals surface area contributed by atoms with Crippen LogP contribution < -0.4 is 26.6 Å². The molecule has 2 heterocycles. The number of carbonyl (C=O) groups is 2. The van der Waals surface area contributed by atoms with Gasteiger partial charge in [-0.15, -0.1) is 10.2 Å². The van der Waals surface area contributed by atoms with Gasteiger partial charge in [0.05, 0.1) is 17.1 Å². The highest BCUT2D eigenvalue weighted by atomic mass is 32.2. The van der Waals surface area contributed by atoms with Crippen LogP contribution in [0.5, 0.6) is 0 Å². The van der Waals surface area contributed by atoms with Crippen LogP contribution in [0, 0.1) is 0 Å². The van der Waals surface area contributed by atoms with Crippen molar-refractivity contribution >= 4 is 52.7 Å². The number of anilines is 4. The first kappa shape index (κ1) is 24.0. The Kier molecular flexibility index (Phi) is 8.24. The minimum atomic E-state index is -0.344. The summed E-state index contributed by atoms with van der Waals surface area (Å²) in [5.41, 5.74) is 1.00. The normalized spacial score (nSPS) is 10.8. The van der Waals surface area contributed by atoms with E-state index < -0.39 is 0 Å². The summed E-state index contributed by atoms with van der Waals surface area (Å²) in [5, 5.41) is 23.3. The van der Waals surface area contributed by atoms with Gasteiger partial charge >= 0.3 is 6.03 Å². The van der Waals surface area contributed by atoms with Crippen molar-refractivity contribution in [2.75, 3.05) is 40.1 Å². The topological polar surface area (TPSA) is 150 Å². The lowest BCUT2D eigenvalue weighted by Crippen LogP contribution is -2.34. The Balaban J connectivity index is 1.70. The molecule has 0 unspecified atom stereocenters. The van der Waals surface area contributed by atoms with Crippen LogP contribution in [0.4, 0.5) is 28.1 Å². The van der Waals surface area contributed by atoms with Gasteiger partial charge in [0.2, 0.25) is 17.8 Å². The maximum absolute atomic E-state index is 12.6. The number of carbonyl (C=O) groups excluding carboxylic acids is 2. The van der Waals surface area contributed by atoms with E-state index in [2.05, 4.69) is 46.7 Å². The van der Waals surface area contributed by atoms with Gasteiger partial charge in [-0.3, -0.25) is 4.79 Å². The first-order chi connectivity index (χ1) is 15.9. The average Bonchev–Trinajstić information content (AvgIpc) is 3.17. The maximum atomic E-state index is 12.6. The molecule has 0 radical (unpaired) electrons. The molecule has 176 valence electrons. The highest BCUT2D eigenvalue weighted by Crippen LogP contribution is 2.24. The van der Waals surface area contributed by atoms with Gasteiger partial charge in [0.1, 0.15) is 0 Å². The summed E-state index contributed by atoms with van der Waals surface area (Å²) < 4.78 is 1.67. The summed E-state index contributed by atoms with van der Waals surface area (Å²) in [4.78, 5) is 33.5. The van der Waals surface area contributed by atoms with E-state index in [-0.39, 0.29) is 23.7 Å². The molecule has 0 fully saturated rings. The van der Waals surface area contributed by atoms with Gasteiger partial charge in [-0.1, -0.05) is 23.9 Å². The number of rotatable bonds is 10. The zero-order valence-electron chi connectivity index (χ0n) is 19.0. The third kappa shape index (κ3) is 6.44. The molecule has 0 aliphatic carbocycles. The standard InChI is InChI=1S/C20H28N10O2S/c1-5-21-16-26-17(22-6-2)30-18(27-16)28-29-20(30)33-11-15(31)24-13-9-7-8-10-14(13)25-19(32)23-12(3)4/h7-10,12H,5-6,11H2,1-4H3,(H,24,31)(H2,23,25,32)(H2,21,22,26,27,28). The first-order valence-corrected chi connectivity index (χ1v) is 11.6. The molecule has 3 aromatic rings. The van der Waals surface area contributed by atoms with Crippen LogP contribution in [0.1, 0.15) is 27.7 Å². The van der Waals surface area contributed by atoms with Gasteiger partial charge in [-0.2, -0.15) is 9.97 Å². The third-order valence-electron chi connectivity index (χ3n) is 4.12. The molecule has 2 aromatic heterocycles. The van der Waals surface area contributed by atoms with Gasteiger partial charge in [0, 0.05) is 19.1 Å². The number of hydrogen-bond donors (Lipinski definition) is 5. The summed E-state index contributed by atoms with van der Waals surface area (Å²) in [7, 11) is 0. The van der Waals surface area contributed by atoms with Crippen molar-refractivity contribution < 1.29 is 9.59 Å². The summed E-state index contributed by atoms with van der Waals surface area (Å²) in [6, 6.07) is 6.65. The van der Waals surface area contributed by atoms with Gasteiger partial charge < -0.3 is 26.6 Å². The first-order valence-electron chi connectivity index (χ1n) is 10.6. The van der Waals surface area contributed by atoms with Crippen LogP contribution in [0.2, 0.25) is 0 Å². The number of para-hydroxylation sites is 2. The molecule has 0 aliphatic rings. The highest BCUT2D eigenvalue weighted by Gasteiger charge is 2.16. The second-order valence-electron chi connectivity index (χ2n) is 7.19. The average molecular weight is 473 g/mol. The second-order valence-corrected chi connectivity index (χ2v) is 8.13. The fourth-order valence-electron chi connectivity index (χ4n) is 2.84. The fraction of sp³-hybridized carbons (Fsp3) is 0.400. The molecule has 33 heavy (non-hydrogen) atoms. The molecule has 5 N–H and O–H groups in total. The lowest BCUT2D eigenvalue weighted by molar-refractivity contribution is -0.113. The Labute approximate surface area is 195 Å². The van der Waals surface area contributed by atoms with E-state index in [1.807, 2.05) is 27.7 Å². The summed E-state index contributed by atoms with van der Waals surface area (Å²) in [6.07, 6.45) is 0. The van der Waals surface area contributed by atoms with E-state index in [1.54, 1.807) is 28.7 Å². The quantitative estimate of drug-likeness (QED) is 0.281. The highest BCUT2D eigenvalue weighted by molar-refractivity contribution is 7.99. The van der Waals surface area contributed by atoms with Crippen molar-refractivity contribution in [3.8, 4) is 0 Å². The van der Waals surface area contributed by atoms with Crippen molar-refractivity contribution in [2.24, 2.45) is 0 Å². The van der Waals surface area contributed by atoms with Crippen LogP contribution >= 0.6 is 11.8 Å². The maximum Gasteiger partial charge on any atom is 0.319 e. The minimum Gasteiger partial charge on any atom is -0.355 e. The van der Waals surface area contributed by atoms with Gasteiger partial charge in [0.25, 0.3) is 5.78 Å². The predicted molar refractivity (Wildman–Crippen MR) is 130 cm³/mol. The van der Waals surface area contributed by atoms with Gasteiger partial charge in [0.15, 0.2) is 5.16 Å². The van der Waals surface area contributed by atoms with E-state index in [1.165, 1.54) is 11.8 Å². The largest absolute Gasteiger partial charge is 0.355 e. The molecule has 3 amide bonds. The predicted octanol–water partition coefficient (Wildman–Crippen LogP) is 2.64. The number of urea groups is 1. The Morgan fingerprint density at radius 3 is 2.36 bits per heavy atom. The van der Waals surface area contributed by atoms with Crippen molar-refractivity contribution in [3.05, 3.63) is 24.3 Å². The van der Waals surface area contributed by atoms with Gasteiger partial charge in [-0.05, 0) is 39.8 Å². The Bertz CT molecular complexity index is 1120. The van der Waals surface area contributed by atoms with Gasteiger partial charge in [-0.25, -0.2) is 9.20 Å². The third-order valence-corrected chi connectivity index (χ3v) is 5.05. The van der Waals surface area contributed by atoms with Crippen molar-refractivity contribution in [1.29, 1.82) is 0 Å². The SMILES string of the molecule is CCNc1nc(NCC)n2c(SCC(=O)Nc3ccccc3NC(=O)NC(C)C)nnc2n1. The summed E-state index contributed by atoms with van der Waals surface area (Å²) in [6.45, 7) is 8.97. The number of thioether (sulfide) groups is 1. The van der Waals surface area contributed by atoms with Crippen LogP contribution in [-0.4, -0.2) is 61.4 Å². The molecule has 13 heteroatoms. The second kappa shape index (κ2) is 11.3. The van der Waals surface area contributed by atoms with Crippen LogP contribution in [0.15, 0.2) is 29.4 Å². The van der Waals surface area contributed by atoms with E-state index in [0.29, 0.717) is 47.3 Å².